The number of halogens is 2. The minimum atomic E-state index is -0.118. The molecule has 0 bridgehead atoms. The molecule has 120 valence electrons. The van der Waals surface area contributed by atoms with E-state index in [4.69, 9.17) is 11.6 Å². The van der Waals surface area contributed by atoms with Crippen molar-refractivity contribution in [2.24, 2.45) is 5.10 Å². The lowest BCUT2D eigenvalue weighted by atomic mass is 10.1. The van der Waals surface area contributed by atoms with Gasteiger partial charge in [0.2, 0.25) is 5.91 Å². The molecule has 2 aromatic rings. The van der Waals surface area contributed by atoms with Crippen molar-refractivity contribution in [1.82, 2.24) is 5.43 Å². The molecule has 0 radical (unpaired) electrons. The van der Waals surface area contributed by atoms with Crippen LogP contribution >= 0.6 is 46.0 Å². The molecule has 0 aliphatic heterocycles. The van der Waals surface area contributed by atoms with Gasteiger partial charge in [-0.05, 0) is 58.8 Å². The highest BCUT2D eigenvalue weighted by Gasteiger charge is 2.04. The summed E-state index contributed by atoms with van der Waals surface area (Å²) in [5.74, 6) is 0.924. The number of nitrogens with one attached hydrogen (secondary N) is 1. The molecule has 0 spiro atoms. The molecule has 2 aromatic carbocycles. The molecule has 1 N–H and O–H groups in total. The first-order valence-electron chi connectivity index (χ1n) is 6.96. The van der Waals surface area contributed by atoms with Gasteiger partial charge in [0.25, 0.3) is 0 Å². The SMILES string of the molecule is C/C(=N/NC(=O)CSCc1ccccc1Cl)c1cccc(I)c1. The second-order valence-electron chi connectivity index (χ2n) is 4.83. The van der Waals surface area contributed by atoms with Crippen LogP contribution in [0.3, 0.4) is 0 Å². The van der Waals surface area contributed by atoms with E-state index in [-0.39, 0.29) is 5.91 Å². The Hall–Kier alpha value is -1.05. The van der Waals surface area contributed by atoms with Crippen LogP contribution in [0, 0.1) is 3.57 Å². The molecule has 0 saturated heterocycles. The van der Waals surface area contributed by atoms with E-state index in [1.54, 1.807) is 0 Å². The van der Waals surface area contributed by atoms with Crippen LogP contribution in [-0.2, 0) is 10.5 Å². The molecule has 2 rings (SSSR count). The molecule has 6 heteroatoms. The molecule has 0 unspecified atom stereocenters. The topological polar surface area (TPSA) is 41.5 Å². The van der Waals surface area contributed by atoms with Gasteiger partial charge in [0.15, 0.2) is 0 Å². The van der Waals surface area contributed by atoms with Gasteiger partial charge in [-0.15, -0.1) is 11.8 Å². The predicted octanol–water partition coefficient (Wildman–Crippen LogP) is 4.72. The summed E-state index contributed by atoms with van der Waals surface area (Å²) in [6.07, 6.45) is 0. The van der Waals surface area contributed by atoms with Crippen molar-refractivity contribution in [2.75, 3.05) is 5.75 Å². The van der Waals surface area contributed by atoms with Crippen molar-refractivity contribution in [3.8, 4) is 0 Å². The van der Waals surface area contributed by atoms with E-state index in [0.29, 0.717) is 11.5 Å². The number of thioether (sulfide) groups is 1. The summed E-state index contributed by atoms with van der Waals surface area (Å²) in [4.78, 5) is 11.8. The van der Waals surface area contributed by atoms with E-state index in [0.717, 1.165) is 25.4 Å². The van der Waals surface area contributed by atoms with Gasteiger partial charge in [0.1, 0.15) is 0 Å². The number of hydrazone groups is 1. The maximum absolute atomic E-state index is 11.8. The lowest BCUT2D eigenvalue weighted by Crippen LogP contribution is -2.21. The number of rotatable bonds is 6. The fraction of sp³-hybridized carbons (Fsp3) is 0.176. The van der Waals surface area contributed by atoms with E-state index >= 15 is 0 Å². The maximum atomic E-state index is 11.8. The quantitative estimate of drug-likeness (QED) is 0.387. The van der Waals surface area contributed by atoms with Gasteiger partial charge < -0.3 is 0 Å². The van der Waals surface area contributed by atoms with Crippen LogP contribution in [0.2, 0.25) is 5.02 Å². The third-order valence-electron chi connectivity index (χ3n) is 3.04. The van der Waals surface area contributed by atoms with Crippen LogP contribution < -0.4 is 5.43 Å². The van der Waals surface area contributed by atoms with Gasteiger partial charge in [-0.25, -0.2) is 5.43 Å². The Morgan fingerprint density at radius 1 is 1.26 bits per heavy atom. The van der Waals surface area contributed by atoms with E-state index in [1.807, 2.05) is 55.5 Å². The summed E-state index contributed by atoms with van der Waals surface area (Å²) < 4.78 is 1.14. The Bertz CT molecular complexity index is 721. The largest absolute Gasteiger partial charge is 0.272 e. The van der Waals surface area contributed by atoms with Crippen molar-refractivity contribution < 1.29 is 4.79 Å². The molecule has 0 aliphatic rings. The highest BCUT2D eigenvalue weighted by Crippen LogP contribution is 2.20. The van der Waals surface area contributed by atoms with E-state index < -0.39 is 0 Å². The van der Waals surface area contributed by atoms with Gasteiger partial charge in [0.05, 0.1) is 11.5 Å². The molecular formula is C17H16ClIN2OS. The second kappa shape index (κ2) is 9.30. The van der Waals surface area contributed by atoms with E-state index in [1.165, 1.54) is 11.8 Å². The number of amides is 1. The fourth-order valence-electron chi connectivity index (χ4n) is 1.83. The Morgan fingerprint density at radius 3 is 2.78 bits per heavy atom. The number of hydrogen-bond acceptors (Lipinski definition) is 3. The van der Waals surface area contributed by atoms with E-state index in [2.05, 4.69) is 33.1 Å². The molecule has 3 nitrogen and oxygen atoms in total. The minimum Gasteiger partial charge on any atom is -0.272 e. The zero-order chi connectivity index (χ0) is 16.7. The average Bonchev–Trinajstić information content (AvgIpc) is 2.54. The van der Waals surface area contributed by atoms with Crippen LogP contribution in [0.25, 0.3) is 0 Å². The van der Waals surface area contributed by atoms with Gasteiger partial charge in [-0.3, -0.25) is 4.79 Å². The van der Waals surface area contributed by atoms with Gasteiger partial charge >= 0.3 is 0 Å². The maximum Gasteiger partial charge on any atom is 0.250 e. The Morgan fingerprint density at radius 2 is 2.04 bits per heavy atom. The average molecular weight is 459 g/mol. The van der Waals surface area contributed by atoms with Crippen molar-refractivity contribution in [1.29, 1.82) is 0 Å². The molecule has 0 aromatic heterocycles. The summed E-state index contributed by atoms with van der Waals surface area (Å²) in [6, 6.07) is 15.6. The van der Waals surface area contributed by atoms with Gasteiger partial charge in [-0.2, -0.15) is 5.10 Å². The number of hydrogen-bond donors (Lipinski definition) is 1. The van der Waals surface area contributed by atoms with Gasteiger partial charge in [-0.1, -0.05) is 41.9 Å². The molecule has 0 atom stereocenters. The molecule has 0 heterocycles. The van der Waals surface area contributed by atoms with Crippen LogP contribution in [0.4, 0.5) is 0 Å². The van der Waals surface area contributed by atoms with Crippen LogP contribution in [-0.4, -0.2) is 17.4 Å². The van der Waals surface area contributed by atoms with Crippen molar-refractivity contribution >= 4 is 57.6 Å². The monoisotopic (exact) mass is 458 g/mol. The molecule has 23 heavy (non-hydrogen) atoms. The number of carbonyl (C=O) groups excluding carboxylic acids is 1. The summed E-state index contributed by atoms with van der Waals surface area (Å²) in [5, 5.41) is 4.88. The van der Waals surface area contributed by atoms with Crippen molar-refractivity contribution in [3.63, 3.8) is 0 Å². The smallest absolute Gasteiger partial charge is 0.250 e. The predicted molar refractivity (Wildman–Crippen MR) is 107 cm³/mol. The first kappa shape index (κ1) is 18.3. The molecule has 1 amide bonds. The van der Waals surface area contributed by atoms with Crippen LogP contribution in [0.5, 0.6) is 0 Å². The number of carbonyl (C=O) groups is 1. The third-order valence-corrected chi connectivity index (χ3v) is 5.06. The van der Waals surface area contributed by atoms with Crippen molar-refractivity contribution in [2.45, 2.75) is 12.7 Å². The van der Waals surface area contributed by atoms with E-state index in [9.17, 15) is 4.79 Å². The Kier molecular flexibility index (Phi) is 7.39. The normalized spacial score (nSPS) is 11.3. The summed E-state index contributed by atoms with van der Waals surface area (Å²) in [7, 11) is 0. The summed E-state index contributed by atoms with van der Waals surface area (Å²) >= 11 is 9.85. The van der Waals surface area contributed by atoms with Crippen molar-refractivity contribution in [3.05, 3.63) is 68.3 Å². The fourth-order valence-corrected chi connectivity index (χ4v) is 3.47. The zero-order valence-corrected chi connectivity index (χ0v) is 16.3. The highest BCUT2D eigenvalue weighted by atomic mass is 127. The summed E-state index contributed by atoms with van der Waals surface area (Å²) in [5.41, 5.74) is 5.41. The minimum absolute atomic E-state index is 0.118. The van der Waals surface area contributed by atoms with Crippen LogP contribution in [0.1, 0.15) is 18.1 Å². The third kappa shape index (κ3) is 6.16. The number of benzene rings is 2. The molecule has 0 aliphatic carbocycles. The Balaban J connectivity index is 1.81. The second-order valence-corrected chi connectivity index (χ2v) is 7.47. The lowest BCUT2D eigenvalue weighted by molar-refractivity contribution is -0.118. The van der Waals surface area contributed by atoms with Crippen LogP contribution in [0.15, 0.2) is 53.6 Å². The first-order chi connectivity index (χ1) is 11.1. The lowest BCUT2D eigenvalue weighted by Gasteiger charge is -2.05. The number of nitrogens with zero attached hydrogens (tertiary/aromatic N) is 1. The zero-order valence-electron chi connectivity index (χ0n) is 12.6. The standard InChI is InChI=1S/C17H16ClIN2OS/c1-12(13-6-4-7-15(19)9-13)20-21-17(22)11-23-10-14-5-2-3-8-16(14)18/h2-9H,10-11H2,1H3,(H,21,22)/b20-12-. The summed E-state index contributed by atoms with van der Waals surface area (Å²) in [6.45, 7) is 1.88. The first-order valence-corrected chi connectivity index (χ1v) is 9.57. The van der Waals surface area contributed by atoms with Gasteiger partial charge in [0, 0.05) is 14.3 Å². The Labute approximate surface area is 159 Å². The molecular weight excluding hydrogens is 443 g/mol. The highest BCUT2D eigenvalue weighted by molar-refractivity contribution is 14.1. The molecule has 0 fully saturated rings. The molecule has 0 saturated carbocycles.